The van der Waals surface area contributed by atoms with Gasteiger partial charge in [-0.3, -0.25) is 0 Å². The molecule has 1 aliphatic heterocycles. The molecule has 1 aromatic rings. The highest BCUT2D eigenvalue weighted by molar-refractivity contribution is 7.99. The van der Waals surface area contributed by atoms with Crippen LogP contribution in [0.5, 0.6) is 0 Å². The molecule has 1 N–H and O–H groups in total. The van der Waals surface area contributed by atoms with Gasteiger partial charge in [-0.25, -0.2) is 9.18 Å². The average molecular weight is 312 g/mol. The van der Waals surface area contributed by atoms with Crippen LogP contribution in [0.2, 0.25) is 0 Å². The predicted octanol–water partition coefficient (Wildman–Crippen LogP) is 2.66. The van der Waals surface area contributed by atoms with Gasteiger partial charge in [0.1, 0.15) is 5.82 Å². The molecule has 0 aromatic heterocycles. The molecule has 1 aromatic carbocycles. The van der Waals surface area contributed by atoms with Crippen LogP contribution in [0.25, 0.3) is 0 Å². The lowest BCUT2D eigenvalue weighted by molar-refractivity contribution is 0.181. The number of halogens is 1. The van der Waals surface area contributed by atoms with Crippen molar-refractivity contribution in [3.63, 3.8) is 0 Å². The number of hydrogen-bond donors (Lipinski definition) is 1. The van der Waals surface area contributed by atoms with E-state index in [0.29, 0.717) is 26.2 Å². The molecule has 1 saturated heterocycles. The first-order valence-corrected chi connectivity index (χ1v) is 8.15. The molecule has 1 fully saturated rings. The third-order valence-corrected chi connectivity index (χ3v) is 4.77. The summed E-state index contributed by atoms with van der Waals surface area (Å²) in [5, 5.41) is 2.94. The maximum absolute atomic E-state index is 13.8. The van der Waals surface area contributed by atoms with Crippen LogP contribution in [-0.4, -0.2) is 50.0 Å². The summed E-state index contributed by atoms with van der Waals surface area (Å²) in [6, 6.07) is 6.83. The van der Waals surface area contributed by atoms with Crippen molar-refractivity contribution in [3.05, 3.63) is 35.6 Å². The summed E-state index contributed by atoms with van der Waals surface area (Å²) < 4.78 is 18.8. The molecule has 6 heteroatoms. The number of thioether (sulfide) groups is 1. The molecule has 116 valence electrons. The number of carbonyl (C=O) groups is 1. The van der Waals surface area contributed by atoms with Crippen molar-refractivity contribution in [3.8, 4) is 0 Å². The highest BCUT2D eigenvalue weighted by Gasteiger charge is 2.23. The number of amides is 2. The quantitative estimate of drug-likeness (QED) is 0.869. The number of ether oxygens (including phenoxy) is 1. The van der Waals surface area contributed by atoms with Gasteiger partial charge in [-0.05, 0) is 12.5 Å². The van der Waals surface area contributed by atoms with Gasteiger partial charge in [0.05, 0.1) is 6.61 Å². The van der Waals surface area contributed by atoms with E-state index in [1.54, 1.807) is 29.8 Å². The summed E-state index contributed by atoms with van der Waals surface area (Å²) in [4.78, 5) is 13.8. The van der Waals surface area contributed by atoms with Gasteiger partial charge < -0.3 is 15.0 Å². The summed E-state index contributed by atoms with van der Waals surface area (Å²) in [7, 11) is 1.60. The Labute approximate surface area is 129 Å². The Kier molecular flexibility index (Phi) is 6.32. The molecule has 2 amide bonds. The first-order chi connectivity index (χ1) is 10.2. The third-order valence-electron chi connectivity index (χ3n) is 3.46. The van der Waals surface area contributed by atoms with E-state index in [9.17, 15) is 9.18 Å². The SMILES string of the molecule is COCCNC(=O)N1CCSC(c2ccccc2F)CC1. The number of rotatable bonds is 4. The Balaban J connectivity index is 1.90. The second kappa shape index (κ2) is 8.24. The molecule has 0 saturated carbocycles. The lowest BCUT2D eigenvalue weighted by Gasteiger charge is -2.20. The number of nitrogens with zero attached hydrogens (tertiary/aromatic N) is 1. The fourth-order valence-electron chi connectivity index (χ4n) is 2.33. The minimum atomic E-state index is -0.159. The fraction of sp³-hybridized carbons (Fsp3) is 0.533. The Morgan fingerprint density at radius 2 is 2.29 bits per heavy atom. The van der Waals surface area contributed by atoms with Crippen LogP contribution in [0, 0.1) is 5.82 Å². The van der Waals surface area contributed by atoms with Gasteiger partial charge in [-0.1, -0.05) is 18.2 Å². The zero-order valence-corrected chi connectivity index (χ0v) is 13.0. The van der Waals surface area contributed by atoms with Gasteiger partial charge in [0, 0.05) is 43.3 Å². The Morgan fingerprint density at radius 1 is 1.48 bits per heavy atom. The number of methoxy groups -OCH3 is 1. The van der Waals surface area contributed by atoms with Crippen LogP contribution in [0.3, 0.4) is 0 Å². The molecule has 0 bridgehead atoms. The van der Waals surface area contributed by atoms with Crippen LogP contribution >= 0.6 is 11.8 Å². The molecule has 1 heterocycles. The summed E-state index contributed by atoms with van der Waals surface area (Å²) in [5.41, 5.74) is 0.740. The van der Waals surface area contributed by atoms with Crippen LogP contribution in [0.1, 0.15) is 17.2 Å². The summed E-state index contributed by atoms with van der Waals surface area (Å²) in [6.45, 7) is 2.35. The second-order valence-electron chi connectivity index (χ2n) is 4.88. The van der Waals surface area contributed by atoms with Crippen molar-refractivity contribution in [1.82, 2.24) is 10.2 Å². The van der Waals surface area contributed by atoms with Gasteiger partial charge in [0.15, 0.2) is 0 Å². The number of nitrogens with one attached hydrogen (secondary N) is 1. The minimum absolute atomic E-state index is 0.0677. The summed E-state index contributed by atoms with van der Waals surface area (Å²) >= 11 is 1.71. The van der Waals surface area contributed by atoms with Crippen LogP contribution < -0.4 is 5.32 Å². The van der Waals surface area contributed by atoms with E-state index in [2.05, 4.69) is 5.32 Å². The molecule has 1 aliphatic rings. The molecule has 0 radical (unpaired) electrons. The van der Waals surface area contributed by atoms with Gasteiger partial charge in [-0.2, -0.15) is 11.8 Å². The molecule has 2 rings (SSSR count). The monoisotopic (exact) mass is 312 g/mol. The standard InChI is InChI=1S/C15H21FN2O2S/c1-20-10-7-17-15(19)18-8-6-14(21-11-9-18)12-4-2-3-5-13(12)16/h2-5,14H,6-11H2,1H3,(H,17,19). The Bertz CT molecular complexity index is 473. The second-order valence-corrected chi connectivity index (χ2v) is 6.19. The lowest BCUT2D eigenvalue weighted by Crippen LogP contribution is -2.42. The van der Waals surface area contributed by atoms with E-state index >= 15 is 0 Å². The van der Waals surface area contributed by atoms with Crippen molar-refractivity contribution in [1.29, 1.82) is 0 Å². The van der Waals surface area contributed by atoms with Crippen molar-refractivity contribution in [2.75, 3.05) is 39.1 Å². The predicted molar refractivity (Wildman–Crippen MR) is 83.1 cm³/mol. The molecular weight excluding hydrogens is 291 g/mol. The average Bonchev–Trinajstić information content (AvgIpc) is 2.74. The van der Waals surface area contributed by atoms with E-state index in [0.717, 1.165) is 17.7 Å². The molecule has 1 atom stereocenters. The Morgan fingerprint density at radius 3 is 3.05 bits per heavy atom. The molecule has 0 aliphatic carbocycles. The zero-order valence-electron chi connectivity index (χ0n) is 12.2. The molecule has 1 unspecified atom stereocenters. The largest absolute Gasteiger partial charge is 0.383 e. The van der Waals surface area contributed by atoms with Crippen molar-refractivity contribution in [2.24, 2.45) is 0 Å². The number of carbonyl (C=O) groups excluding carboxylic acids is 1. The summed E-state index contributed by atoms with van der Waals surface area (Å²) in [5.74, 6) is 0.657. The van der Waals surface area contributed by atoms with Crippen molar-refractivity contribution in [2.45, 2.75) is 11.7 Å². The highest BCUT2D eigenvalue weighted by Crippen LogP contribution is 2.35. The van der Waals surface area contributed by atoms with E-state index in [1.807, 2.05) is 12.1 Å². The van der Waals surface area contributed by atoms with Gasteiger partial charge in [0.25, 0.3) is 0 Å². The smallest absolute Gasteiger partial charge is 0.317 e. The maximum atomic E-state index is 13.8. The van der Waals surface area contributed by atoms with Gasteiger partial charge in [-0.15, -0.1) is 0 Å². The van der Waals surface area contributed by atoms with Gasteiger partial charge in [0.2, 0.25) is 0 Å². The number of hydrogen-bond acceptors (Lipinski definition) is 3. The Hall–Kier alpha value is -1.27. The maximum Gasteiger partial charge on any atom is 0.317 e. The normalized spacial score (nSPS) is 19.1. The van der Waals surface area contributed by atoms with Gasteiger partial charge >= 0.3 is 6.03 Å². The lowest BCUT2D eigenvalue weighted by atomic mass is 10.1. The first-order valence-electron chi connectivity index (χ1n) is 7.10. The van der Waals surface area contributed by atoms with Crippen molar-refractivity contribution >= 4 is 17.8 Å². The number of urea groups is 1. The van der Waals surface area contributed by atoms with Crippen molar-refractivity contribution < 1.29 is 13.9 Å². The molecular formula is C15H21FN2O2S. The molecule has 0 spiro atoms. The minimum Gasteiger partial charge on any atom is -0.383 e. The van der Waals surface area contributed by atoms with E-state index in [1.165, 1.54) is 6.07 Å². The topological polar surface area (TPSA) is 41.6 Å². The molecule has 21 heavy (non-hydrogen) atoms. The first kappa shape index (κ1) is 16.1. The number of benzene rings is 1. The van der Waals surface area contributed by atoms with E-state index in [-0.39, 0.29) is 17.1 Å². The molecule has 4 nitrogen and oxygen atoms in total. The van der Waals surface area contributed by atoms with E-state index in [4.69, 9.17) is 4.74 Å². The zero-order chi connectivity index (χ0) is 15.1. The summed E-state index contributed by atoms with van der Waals surface area (Å²) in [6.07, 6.45) is 0.767. The highest BCUT2D eigenvalue weighted by atomic mass is 32.2. The van der Waals surface area contributed by atoms with E-state index < -0.39 is 0 Å². The van der Waals surface area contributed by atoms with Crippen LogP contribution in [0.4, 0.5) is 9.18 Å². The van der Waals surface area contributed by atoms with Crippen LogP contribution in [0.15, 0.2) is 24.3 Å². The fourth-order valence-corrected chi connectivity index (χ4v) is 3.58. The third kappa shape index (κ3) is 4.61. The van der Waals surface area contributed by atoms with Crippen LogP contribution in [-0.2, 0) is 4.74 Å².